The maximum absolute atomic E-state index is 13.4. The number of amides is 2. The largest absolute Gasteiger partial charge is 0.497 e. The lowest BCUT2D eigenvalue weighted by Gasteiger charge is -2.29. The molecular weight excluding hydrogens is 925 g/mol. The average molecular weight is 985 g/mol. The van der Waals surface area contributed by atoms with Crippen LogP contribution in [0.25, 0.3) is 0 Å². The lowest BCUT2D eigenvalue weighted by Crippen LogP contribution is -2.50. The van der Waals surface area contributed by atoms with E-state index in [1.54, 1.807) is 73.7 Å². The summed E-state index contributed by atoms with van der Waals surface area (Å²) in [4.78, 5) is 35.7. The number of sulfonamides is 2. The zero-order valence-corrected chi connectivity index (χ0v) is 39.6. The van der Waals surface area contributed by atoms with Gasteiger partial charge in [-0.2, -0.15) is 0 Å². The predicted octanol–water partition coefficient (Wildman–Crippen LogP) is 6.52. The minimum atomic E-state index is -4.17. The SMILES string of the molecule is C.CC(=O)NC(Cc1ccccc1)C1CO1.COc1ccc(S(=O)(=O)N(CC(O)C(Cc2ccccc2)NC(C)=O)Oc2ccccc2)cc1.COc1ccc(S(=O)(=O)NOc2ccccc2)cc1. The molecule has 6 aromatic rings. The van der Waals surface area contributed by atoms with Crippen LogP contribution >= 0.6 is 0 Å². The van der Waals surface area contributed by atoms with Crippen molar-refractivity contribution in [2.75, 3.05) is 27.4 Å². The van der Waals surface area contributed by atoms with Crippen LogP contribution in [0.5, 0.6) is 23.0 Å². The van der Waals surface area contributed by atoms with E-state index in [4.69, 9.17) is 23.9 Å². The molecule has 69 heavy (non-hydrogen) atoms. The number of nitrogens with one attached hydrogen (secondary N) is 3. The Labute approximate surface area is 405 Å². The Hall–Kier alpha value is -6.80. The Morgan fingerprint density at radius 3 is 1.51 bits per heavy atom. The summed E-state index contributed by atoms with van der Waals surface area (Å²) in [6.07, 6.45) is 0.0870. The fraction of sp³-hybridized carbons (Fsp3) is 0.255. The molecule has 18 heteroatoms. The first-order valence-electron chi connectivity index (χ1n) is 21.4. The Morgan fingerprint density at radius 1 is 0.623 bits per heavy atom. The van der Waals surface area contributed by atoms with Crippen LogP contribution in [0.3, 0.4) is 0 Å². The van der Waals surface area contributed by atoms with Gasteiger partial charge in [-0.3, -0.25) is 9.59 Å². The first kappa shape index (κ1) is 54.8. The van der Waals surface area contributed by atoms with E-state index in [-0.39, 0.29) is 46.9 Å². The number of para-hydroxylation sites is 2. The van der Waals surface area contributed by atoms with Gasteiger partial charge < -0.3 is 39.6 Å². The Bertz CT molecular complexity index is 2670. The van der Waals surface area contributed by atoms with Crippen molar-refractivity contribution in [3.63, 3.8) is 0 Å². The van der Waals surface area contributed by atoms with Gasteiger partial charge in [0.05, 0.1) is 55.3 Å². The molecule has 4 N–H and O–H groups in total. The van der Waals surface area contributed by atoms with Crippen LogP contribution in [0.1, 0.15) is 32.4 Å². The lowest BCUT2D eigenvalue weighted by atomic mass is 10.0. The highest BCUT2D eigenvalue weighted by atomic mass is 32.2. The van der Waals surface area contributed by atoms with Gasteiger partial charge in [-0.1, -0.05) is 104 Å². The molecule has 16 nitrogen and oxygen atoms in total. The minimum Gasteiger partial charge on any atom is -0.497 e. The van der Waals surface area contributed by atoms with Gasteiger partial charge in [0.25, 0.3) is 20.0 Å². The molecule has 0 spiro atoms. The normalized spacial score (nSPS) is 14.0. The van der Waals surface area contributed by atoms with Crippen LogP contribution in [-0.4, -0.2) is 89.9 Å². The van der Waals surface area contributed by atoms with Gasteiger partial charge in [0.1, 0.15) is 29.1 Å². The van der Waals surface area contributed by atoms with Crippen molar-refractivity contribution < 1.29 is 55.4 Å². The van der Waals surface area contributed by atoms with Crippen molar-refractivity contribution in [2.45, 2.75) is 68.2 Å². The molecule has 1 heterocycles. The number of rotatable bonds is 20. The van der Waals surface area contributed by atoms with Crippen LogP contribution in [0.4, 0.5) is 0 Å². The van der Waals surface area contributed by atoms with Crippen molar-refractivity contribution >= 4 is 31.9 Å². The number of ether oxygens (including phenoxy) is 3. The van der Waals surface area contributed by atoms with E-state index in [1.165, 1.54) is 63.1 Å². The molecule has 4 atom stereocenters. The van der Waals surface area contributed by atoms with Gasteiger partial charge in [0.15, 0.2) is 0 Å². The van der Waals surface area contributed by atoms with Crippen molar-refractivity contribution in [3.8, 4) is 23.0 Å². The van der Waals surface area contributed by atoms with E-state index in [0.717, 1.165) is 23.1 Å². The zero-order valence-electron chi connectivity index (χ0n) is 38.0. The summed E-state index contributed by atoms with van der Waals surface area (Å²) in [7, 11) is -4.88. The summed E-state index contributed by atoms with van der Waals surface area (Å²) in [5.74, 6) is 1.46. The zero-order chi connectivity index (χ0) is 48.9. The number of methoxy groups -OCH3 is 2. The molecule has 0 bridgehead atoms. The summed E-state index contributed by atoms with van der Waals surface area (Å²) in [5, 5.41) is 16.7. The van der Waals surface area contributed by atoms with Gasteiger partial charge in [0, 0.05) is 13.8 Å². The van der Waals surface area contributed by atoms with Crippen LogP contribution < -0.4 is 34.7 Å². The molecule has 2 amide bonds. The fourth-order valence-corrected chi connectivity index (χ4v) is 8.47. The molecular formula is C51H60N4O12S2. The highest BCUT2D eigenvalue weighted by Crippen LogP contribution is 2.24. The number of hydrogen-bond donors (Lipinski definition) is 4. The molecule has 0 aliphatic carbocycles. The van der Waals surface area contributed by atoms with Crippen LogP contribution in [0, 0.1) is 0 Å². The fourth-order valence-electron chi connectivity index (χ4n) is 6.43. The molecule has 1 aliphatic heterocycles. The summed E-state index contributed by atoms with van der Waals surface area (Å²) in [6.45, 7) is 3.23. The lowest BCUT2D eigenvalue weighted by molar-refractivity contribution is -0.121. The van der Waals surface area contributed by atoms with E-state index in [2.05, 4.69) is 27.7 Å². The maximum atomic E-state index is 13.4. The average Bonchev–Trinajstić information content (AvgIpc) is 4.21. The number of aliphatic hydroxyl groups excluding tert-OH is 1. The standard InChI is InChI=1S/C25H28N2O6S.C13H13NO4S.C12H15NO2.CH4/c1-19(28)26-24(17-20-9-5-3-6-10-20)25(29)18-27(33-22-11-7-4-8-12-22)34(30,31)23-15-13-21(32-2)14-16-23;1-17-11-7-9-13(10-8-11)19(15,16)14-18-12-5-3-2-4-6-12;1-9(14)13-11(12-8-15-12)7-10-5-3-2-4-6-10;/h3-16,24-25,29H,17-18H2,1-2H3,(H,26,28);2-10,14H,1H3;2-6,11-12H,7-8H2,1H3,(H,13,14);1H4. The first-order valence-corrected chi connectivity index (χ1v) is 24.3. The monoisotopic (exact) mass is 984 g/mol. The quantitative estimate of drug-likeness (QED) is 0.0476. The molecule has 0 saturated carbocycles. The topological polar surface area (TPSA) is 211 Å². The number of epoxide rings is 1. The number of nitrogens with zero attached hydrogens (tertiary/aromatic N) is 1. The van der Waals surface area contributed by atoms with Crippen molar-refractivity contribution in [1.29, 1.82) is 0 Å². The number of aliphatic hydroxyl groups is 1. The highest BCUT2D eigenvalue weighted by Gasteiger charge is 2.34. The molecule has 7 rings (SSSR count). The van der Waals surface area contributed by atoms with E-state index >= 15 is 0 Å². The molecule has 4 unspecified atom stereocenters. The number of carbonyl (C=O) groups is 2. The number of hydrogen-bond acceptors (Lipinski definition) is 12. The second kappa shape index (κ2) is 27.3. The Kier molecular flexibility index (Phi) is 21.7. The number of carbonyl (C=O) groups excluding carboxylic acids is 2. The van der Waals surface area contributed by atoms with E-state index < -0.39 is 38.7 Å². The molecule has 1 saturated heterocycles. The summed E-state index contributed by atoms with van der Waals surface area (Å²) in [5.41, 5.74) is 2.11. The minimum absolute atomic E-state index is 0. The Balaban J connectivity index is 0.000000248. The van der Waals surface area contributed by atoms with Crippen LogP contribution in [0.15, 0.2) is 180 Å². The summed E-state index contributed by atoms with van der Waals surface area (Å²) >= 11 is 0. The van der Waals surface area contributed by atoms with Crippen LogP contribution in [0.2, 0.25) is 0 Å². The second-order valence-corrected chi connectivity index (χ2v) is 18.7. The van der Waals surface area contributed by atoms with Gasteiger partial charge in [0.2, 0.25) is 11.8 Å². The van der Waals surface area contributed by atoms with E-state index in [9.17, 15) is 31.5 Å². The molecule has 1 fully saturated rings. The van der Waals surface area contributed by atoms with Gasteiger partial charge in [-0.05, 0) is 106 Å². The molecule has 0 aromatic heterocycles. The second-order valence-electron chi connectivity index (χ2n) is 15.2. The third-order valence-electron chi connectivity index (χ3n) is 9.94. The van der Waals surface area contributed by atoms with Crippen molar-refractivity contribution in [3.05, 3.63) is 181 Å². The first-order chi connectivity index (χ1) is 32.7. The maximum Gasteiger partial charge on any atom is 0.274 e. The molecule has 0 radical (unpaired) electrons. The number of hydroxylamine groups is 1. The summed E-state index contributed by atoms with van der Waals surface area (Å²) in [6, 6.07) is 47.7. The van der Waals surface area contributed by atoms with Crippen molar-refractivity contribution in [1.82, 2.24) is 20.0 Å². The molecule has 6 aromatic carbocycles. The van der Waals surface area contributed by atoms with E-state index in [0.29, 0.717) is 23.7 Å². The third kappa shape index (κ3) is 18.3. The number of benzene rings is 6. The molecule has 368 valence electrons. The van der Waals surface area contributed by atoms with E-state index in [1.807, 2.05) is 54.6 Å². The van der Waals surface area contributed by atoms with Crippen molar-refractivity contribution in [2.24, 2.45) is 0 Å². The van der Waals surface area contributed by atoms with Gasteiger partial charge in [-0.25, -0.2) is 16.8 Å². The molecule has 1 aliphatic rings. The van der Waals surface area contributed by atoms with Gasteiger partial charge in [-0.15, -0.1) is 0 Å². The summed E-state index contributed by atoms with van der Waals surface area (Å²) < 4.78 is 66.8. The van der Waals surface area contributed by atoms with Crippen LogP contribution in [-0.2, 0) is 47.2 Å². The highest BCUT2D eigenvalue weighted by molar-refractivity contribution is 7.89. The smallest absolute Gasteiger partial charge is 0.274 e. The Morgan fingerprint density at radius 2 is 1.06 bits per heavy atom. The van der Waals surface area contributed by atoms with Gasteiger partial charge >= 0.3 is 0 Å². The predicted molar refractivity (Wildman–Crippen MR) is 262 cm³/mol. The third-order valence-corrected chi connectivity index (χ3v) is 12.8.